The van der Waals surface area contributed by atoms with Crippen LogP contribution in [0.1, 0.15) is 10.4 Å². The third-order valence-corrected chi connectivity index (χ3v) is 2.04. The van der Waals surface area contributed by atoms with Gasteiger partial charge in [-0.2, -0.15) is 0 Å². The summed E-state index contributed by atoms with van der Waals surface area (Å²) < 4.78 is 5.71. The van der Waals surface area contributed by atoms with Gasteiger partial charge in [-0.05, 0) is 34.7 Å². The van der Waals surface area contributed by atoms with Gasteiger partial charge < -0.3 is 9.84 Å². The van der Waals surface area contributed by atoms with Gasteiger partial charge in [-0.15, -0.1) is 0 Å². The Labute approximate surface area is 83.5 Å². The zero-order valence-corrected chi connectivity index (χ0v) is 8.53. The molecule has 0 unspecified atom stereocenters. The van der Waals surface area contributed by atoms with Crippen molar-refractivity contribution in [2.75, 3.05) is 7.11 Å². The Morgan fingerprint density at radius 2 is 2.25 bits per heavy atom. The maximum absolute atomic E-state index is 10.4. The SMILES string of the molecule is COc1cc(I)cc(C=O)c1O. The van der Waals surface area contributed by atoms with Gasteiger partial charge >= 0.3 is 0 Å². The number of ether oxygens (including phenoxy) is 1. The number of carbonyl (C=O) groups is 1. The van der Waals surface area contributed by atoms with Crippen LogP contribution in [-0.4, -0.2) is 18.5 Å². The van der Waals surface area contributed by atoms with E-state index >= 15 is 0 Å². The van der Waals surface area contributed by atoms with Gasteiger partial charge in [0.15, 0.2) is 17.8 Å². The van der Waals surface area contributed by atoms with Crippen molar-refractivity contribution in [1.82, 2.24) is 0 Å². The monoisotopic (exact) mass is 278 g/mol. The molecule has 1 aromatic rings. The van der Waals surface area contributed by atoms with Crippen LogP contribution in [0.2, 0.25) is 0 Å². The summed E-state index contributed by atoms with van der Waals surface area (Å²) in [5.74, 6) is 0.219. The summed E-state index contributed by atoms with van der Waals surface area (Å²) in [4.78, 5) is 10.4. The lowest BCUT2D eigenvalue weighted by atomic mass is 10.2. The quantitative estimate of drug-likeness (QED) is 0.663. The third-order valence-electron chi connectivity index (χ3n) is 1.42. The molecule has 0 aliphatic rings. The summed E-state index contributed by atoms with van der Waals surface area (Å²) in [6.07, 6.45) is 0.597. The predicted octanol–water partition coefficient (Wildman–Crippen LogP) is 1.82. The largest absolute Gasteiger partial charge is 0.504 e. The maximum atomic E-state index is 10.4. The van der Waals surface area contributed by atoms with Crippen LogP contribution in [0.4, 0.5) is 0 Å². The second kappa shape index (κ2) is 3.75. The van der Waals surface area contributed by atoms with Gasteiger partial charge in [0.05, 0.1) is 12.7 Å². The van der Waals surface area contributed by atoms with Gasteiger partial charge in [0.1, 0.15) is 0 Å². The van der Waals surface area contributed by atoms with Gasteiger partial charge in [0.25, 0.3) is 0 Å². The van der Waals surface area contributed by atoms with Crippen LogP contribution in [-0.2, 0) is 0 Å². The first-order chi connectivity index (χ1) is 5.69. The summed E-state index contributed by atoms with van der Waals surface area (Å²) in [7, 11) is 1.44. The van der Waals surface area contributed by atoms with E-state index in [0.29, 0.717) is 12.0 Å². The van der Waals surface area contributed by atoms with Crippen LogP contribution < -0.4 is 4.74 Å². The Morgan fingerprint density at radius 1 is 1.58 bits per heavy atom. The highest BCUT2D eigenvalue weighted by atomic mass is 127. The van der Waals surface area contributed by atoms with Crippen molar-refractivity contribution in [3.63, 3.8) is 0 Å². The minimum absolute atomic E-state index is 0.104. The molecule has 64 valence electrons. The van der Waals surface area contributed by atoms with Crippen LogP contribution >= 0.6 is 22.6 Å². The normalized spacial score (nSPS) is 9.50. The van der Waals surface area contributed by atoms with Crippen molar-refractivity contribution in [3.8, 4) is 11.5 Å². The molecule has 0 bridgehead atoms. The van der Waals surface area contributed by atoms with Crippen molar-refractivity contribution in [2.45, 2.75) is 0 Å². The number of aromatic hydroxyl groups is 1. The van der Waals surface area contributed by atoms with Gasteiger partial charge in [0.2, 0.25) is 0 Å². The summed E-state index contributed by atoms with van der Waals surface area (Å²) >= 11 is 2.04. The van der Waals surface area contributed by atoms with E-state index in [1.54, 1.807) is 12.1 Å². The molecule has 1 aromatic carbocycles. The number of carbonyl (C=O) groups excluding carboxylic acids is 1. The Morgan fingerprint density at radius 3 is 2.75 bits per heavy atom. The Bertz CT molecular complexity index is 309. The molecule has 3 nitrogen and oxygen atoms in total. The van der Waals surface area contributed by atoms with Crippen molar-refractivity contribution in [1.29, 1.82) is 0 Å². The summed E-state index contributed by atoms with van der Waals surface area (Å²) in [5.41, 5.74) is 0.249. The molecular formula is C8H7IO3. The van der Waals surface area contributed by atoms with Crippen LogP contribution in [0.25, 0.3) is 0 Å². The van der Waals surface area contributed by atoms with Gasteiger partial charge in [-0.1, -0.05) is 0 Å². The van der Waals surface area contributed by atoms with Crippen LogP contribution in [0, 0.1) is 3.57 Å². The van der Waals surface area contributed by atoms with Gasteiger partial charge in [-0.3, -0.25) is 4.79 Å². The molecular weight excluding hydrogens is 271 g/mol. The van der Waals surface area contributed by atoms with E-state index in [-0.39, 0.29) is 11.3 Å². The van der Waals surface area contributed by atoms with Crippen molar-refractivity contribution in [2.24, 2.45) is 0 Å². The van der Waals surface area contributed by atoms with E-state index in [0.717, 1.165) is 3.57 Å². The Hall–Kier alpha value is -0.780. The lowest BCUT2D eigenvalue weighted by Crippen LogP contribution is -1.89. The first-order valence-electron chi connectivity index (χ1n) is 3.20. The minimum Gasteiger partial charge on any atom is -0.504 e. The Kier molecular flexibility index (Phi) is 2.91. The molecule has 0 aromatic heterocycles. The number of halogens is 1. The van der Waals surface area contributed by atoms with Crippen molar-refractivity contribution >= 4 is 28.9 Å². The van der Waals surface area contributed by atoms with E-state index in [1.807, 2.05) is 22.6 Å². The summed E-state index contributed by atoms with van der Waals surface area (Å²) in [5, 5.41) is 9.35. The van der Waals surface area contributed by atoms with E-state index in [9.17, 15) is 9.90 Å². The maximum Gasteiger partial charge on any atom is 0.168 e. The highest BCUT2D eigenvalue weighted by Crippen LogP contribution is 2.30. The molecule has 0 saturated heterocycles. The molecule has 0 spiro atoms. The molecule has 0 atom stereocenters. The van der Waals surface area contributed by atoms with Crippen LogP contribution in [0.5, 0.6) is 11.5 Å². The molecule has 12 heavy (non-hydrogen) atoms. The second-order valence-electron chi connectivity index (χ2n) is 2.16. The minimum atomic E-state index is -0.104. The number of hydrogen-bond donors (Lipinski definition) is 1. The van der Waals surface area contributed by atoms with E-state index in [2.05, 4.69) is 0 Å². The highest BCUT2D eigenvalue weighted by Gasteiger charge is 2.07. The lowest BCUT2D eigenvalue weighted by Gasteiger charge is -2.05. The van der Waals surface area contributed by atoms with E-state index < -0.39 is 0 Å². The molecule has 0 radical (unpaired) electrons. The fraction of sp³-hybridized carbons (Fsp3) is 0.125. The molecule has 0 amide bonds. The molecule has 4 heteroatoms. The smallest absolute Gasteiger partial charge is 0.168 e. The molecule has 0 fully saturated rings. The summed E-state index contributed by atoms with van der Waals surface area (Å²) in [6, 6.07) is 3.24. The van der Waals surface area contributed by atoms with Gasteiger partial charge in [0, 0.05) is 3.57 Å². The number of hydrogen-bond acceptors (Lipinski definition) is 3. The average molecular weight is 278 g/mol. The number of phenols is 1. The molecule has 0 heterocycles. The number of methoxy groups -OCH3 is 1. The van der Waals surface area contributed by atoms with Crippen molar-refractivity contribution in [3.05, 3.63) is 21.3 Å². The van der Waals surface area contributed by atoms with Crippen LogP contribution in [0.15, 0.2) is 12.1 Å². The number of rotatable bonds is 2. The number of benzene rings is 1. The molecule has 0 aliphatic heterocycles. The average Bonchev–Trinajstić information content (AvgIpc) is 2.08. The highest BCUT2D eigenvalue weighted by molar-refractivity contribution is 14.1. The Balaban J connectivity index is 3.31. The fourth-order valence-electron chi connectivity index (χ4n) is 0.840. The third kappa shape index (κ3) is 1.69. The zero-order valence-electron chi connectivity index (χ0n) is 6.37. The second-order valence-corrected chi connectivity index (χ2v) is 3.41. The van der Waals surface area contributed by atoms with Gasteiger partial charge in [-0.25, -0.2) is 0 Å². The first-order valence-corrected chi connectivity index (χ1v) is 4.28. The predicted molar refractivity (Wildman–Crippen MR) is 52.8 cm³/mol. The molecule has 1 N–H and O–H groups in total. The van der Waals surface area contributed by atoms with Crippen LogP contribution in [0.3, 0.4) is 0 Å². The van der Waals surface area contributed by atoms with E-state index in [1.165, 1.54) is 7.11 Å². The first kappa shape index (κ1) is 9.31. The number of phenolic OH excluding ortho intramolecular Hbond substituents is 1. The zero-order chi connectivity index (χ0) is 9.14. The number of aldehydes is 1. The summed E-state index contributed by atoms with van der Waals surface area (Å²) in [6.45, 7) is 0. The fourth-order valence-corrected chi connectivity index (χ4v) is 1.46. The van der Waals surface area contributed by atoms with Crippen molar-refractivity contribution < 1.29 is 14.6 Å². The van der Waals surface area contributed by atoms with E-state index in [4.69, 9.17) is 4.74 Å². The standard InChI is InChI=1S/C8H7IO3/c1-12-7-3-6(9)2-5(4-10)8(7)11/h2-4,11H,1H3. The molecule has 0 saturated carbocycles. The topological polar surface area (TPSA) is 46.5 Å². The molecule has 0 aliphatic carbocycles. The molecule has 1 rings (SSSR count). The lowest BCUT2D eigenvalue weighted by molar-refractivity contribution is 0.112.